The minimum absolute atomic E-state index is 0.0246. The van der Waals surface area contributed by atoms with Gasteiger partial charge < -0.3 is 10.6 Å². The van der Waals surface area contributed by atoms with Crippen LogP contribution in [-0.4, -0.2) is 22.4 Å². The van der Waals surface area contributed by atoms with Gasteiger partial charge in [0, 0.05) is 12.7 Å². The first-order chi connectivity index (χ1) is 10.1. The van der Waals surface area contributed by atoms with E-state index >= 15 is 0 Å². The molecule has 1 amide bonds. The molecular formula is C14H14F2N4O. The molecule has 0 unspecified atom stereocenters. The molecule has 0 saturated carbocycles. The lowest BCUT2D eigenvalue weighted by molar-refractivity contribution is 0.102. The van der Waals surface area contributed by atoms with Crippen LogP contribution in [0.1, 0.15) is 23.7 Å². The Labute approximate surface area is 120 Å². The number of hydrogen-bond donors (Lipinski definition) is 2. The molecule has 0 saturated heterocycles. The Morgan fingerprint density at radius 2 is 2.05 bits per heavy atom. The highest BCUT2D eigenvalue weighted by atomic mass is 19.1. The van der Waals surface area contributed by atoms with Gasteiger partial charge in [-0.2, -0.15) is 0 Å². The number of halogens is 2. The number of amides is 1. The zero-order valence-electron chi connectivity index (χ0n) is 11.4. The van der Waals surface area contributed by atoms with E-state index in [2.05, 4.69) is 20.6 Å². The number of nitrogens with one attached hydrogen (secondary N) is 2. The summed E-state index contributed by atoms with van der Waals surface area (Å²) in [7, 11) is 0. The number of carbonyl (C=O) groups excluding carboxylic acids is 1. The second-order valence-corrected chi connectivity index (χ2v) is 4.26. The normalized spacial score (nSPS) is 10.2. The fraction of sp³-hybridized carbons (Fsp3) is 0.214. The molecule has 2 aromatic heterocycles. The van der Waals surface area contributed by atoms with Crippen molar-refractivity contribution >= 4 is 17.5 Å². The molecule has 0 bridgehead atoms. The molecule has 0 atom stereocenters. The van der Waals surface area contributed by atoms with Crippen LogP contribution in [0.15, 0.2) is 30.6 Å². The fourth-order valence-corrected chi connectivity index (χ4v) is 1.62. The van der Waals surface area contributed by atoms with Gasteiger partial charge in [0.05, 0.1) is 11.8 Å². The van der Waals surface area contributed by atoms with Gasteiger partial charge >= 0.3 is 0 Å². The van der Waals surface area contributed by atoms with Gasteiger partial charge in [-0.1, -0.05) is 6.92 Å². The van der Waals surface area contributed by atoms with Crippen molar-refractivity contribution in [2.24, 2.45) is 0 Å². The van der Waals surface area contributed by atoms with Crippen LogP contribution < -0.4 is 10.6 Å². The zero-order chi connectivity index (χ0) is 15.2. The van der Waals surface area contributed by atoms with Gasteiger partial charge in [0.2, 0.25) is 0 Å². The summed E-state index contributed by atoms with van der Waals surface area (Å²) in [5, 5.41) is 5.20. The maximum absolute atomic E-state index is 14.1. The van der Waals surface area contributed by atoms with Crippen LogP contribution in [0, 0.1) is 11.6 Å². The van der Waals surface area contributed by atoms with E-state index in [0.717, 1.165) is 18.7 Å². The maximum Gasteiger partial charge on any atom is 0.259 e. The molecule has 0 radical (unpaired) electrons. The maximum atomic E-state index is 14.1. The highest BCUT2D eigenvalue weighted by Crippen LogP contribution is 2.16. The first kappa shape index (κ1) is 14.8. The van der Waals surface area contributed by atoms with E-state index < -0.39 is 17.5 Å². The molecule has 2 rings (SSSR count). The van der Waals surface area contributed by atoms with Crippen LogP contribution in [0.5, 0.6) is 0 Å². The number of nitrogens with zero attached hydrogens (tertiary/aromatic N) is 2. The van der Waals surface area contributed by atoms with Gasteiger partial charge in [0.15, 0.2) is 11.6 Å². The molecular weight excluding hydrogens is 278 g/mol. The van der Waals surface area contributed by atoms with Crippen molar-refractivity contribution in [1.82, 2.24) is 9.97 Å². The summed E-state index contributed by atoms with van der Waals surface area (Å²) in [4.78, 5) is 19.5. The van der Waals surface area contributed by atoms with Crippen LogP contribution in [0.25, 0.3) is 0 Å². The summed E-state index contributed by atoms with van der Waals surface area (Å²) in [5.74, 6) is -1.76. The Morgan fingerprint density at radius 1 is 1.24 bits per heavy atom. The van der Waals surface area contributed by atoms with Crippen molar-refractivity contribution in [2.45, 2.75) is 13.3 Å². The second kappa shape index (κ2) is 6.74. The topological polar surface area (TPSA) is 66.9 Å². The summed E-state index contributed by atoms with van der Waals surface area (Å²) in [6.45, 7) is 2.48. The minimum atomic E-state index is -0.731. The molecule has 0 fully saturated rings. The summed E-state index contributed by atoms with van der Waals surface area (Å²) >= 11 is 0. The van der Waals surface area contributed by atoms with Gasteiger partial charge in [-0.3, -0.25) is 4.79 Å². The lowest BCUT2D eigenvalue weighted by atomic mass is 10.2. The average molecular weight is 292 g/mol. The van der Waals surface area contributed by atoms with E-state index in [0.29, 0.717) is 6.54 Å². The lowest BCUT2D eigenvalue weighted by Crippen LogP contribution is -2.16. The van der Waals surface area contributed by atoms with E-state index in [1.54, 1.807) is 0 Å². The van der Waals surface area contributed by atoms with Crippen molar-refractivity contribution in [1.29, 1.82) is 0 Å². The summed E-state index contributed by atoms with van der Waals surface area (Å²) in [5.41, 5.74) is -0.158. The Morgan fingerprint density at radius 3 is 2.71 bits per heavy atom. The first-order valence-corrected chi connectivity index (χ1v) is 6.43. The molecule has 21 heavy (non-hydrogen) atoms. The second-order valence-electron chi connectivity index (χ2n) is 4.26. The SMILES string of the molecule is CCCNc1nccc(C(=O)Nc2ccc(F)cn2)c1F. The van der Waals surface area contributed by atoms with Gasteiger partial charge in [-0.15, -0.1) is 0 Å². The molecule has 0 aliphatic rings. The van der Waals surface area contributed by atoms with E-state index in [1.807, 2.05) is 6.92 Å². The van der Waals surface area contributed by atoms with Gasteiger partial charge in [-0.05, 0) is 24.6 Å². The number of rotatable bonds is 5. The first-order valence-electron chi connectivity index (χ1n) is 6.43. The van der Waals surface area contributed by atoms with Crippen LogP contribution in [0.2, 0.25) is 0 Å². The largest absolute Gasteiger partial charge is 0.368 e. The highest BCUT2D eigenvalue weighted by molar-refractivity contribution is 6.04. The van der Waals surface area contributed by atoms with E-state index in [4.69, 9.17) is 0 Å². The third kappa shape index (κ3) is 3.71. The highest BCUT2D eigenvalue weighted by Gasteiger charge is 2.16. The quantitative estimate of drug-likeness (QED) is 0.889. The molecule has 2 heterocycles. The third-order valence-electron chi connectivity index (χ3n) is 2.65. The van der Waals surface area contributed by atoms with E-state index in [1.165, 1.54) is 18.3 Å². The summed E-state index contributed by atoms with van der Waals surface area (Å²) < 4.78 is 26.9. The lowest BCUT2D eigenvalue weighted by Gasteiger charge is -2.09. The number of hydrogen-bond acceptors (Lipinski definition) is 4. The van der Waals surface area contributed by atoms with Crippen molar-refractivity contribution in [3.63, 3.8) is 0 Å². The number of anilines is 2. The Balaban J connectivity index is 2.17. The monoisotopic (exact) mass is 292 g/mol. The standard InChI is InChI=1S/C14H14F2N4O/c1-2-6-17-13-12(16)10(5-7-18-13)14(21)20-11-4-3-9(15)8-19-11/h3-5,7-8H,2,6H2,1H3,(H,17,18)(H,19,20,21). The van der Waals surface area contributed by atoms with E-state index in [9.17, 15) is 13.6 Å². The molecule has 110 valence electrons. The minimum Gasteiger partial charge on any atom is -0.368 e. The molecule has 0 aromatic carbocycles. The predicted octanol–water partition coefficient (Wildman–Crippen LogP) is 2.83. The molecule has 0 aliphatic heterocycles. The smallest absolute Gasteiger partial charge is 0.259 e. The van der Waals surface area contributed by atoms with Crippen molar-refractivity contribution in [3.05, 3.63) is 47.8 Å². The molecule has 7 heteroatoms. The summed E-state index contributed by atoms with van der Waals surface area (Å²) in [6.07, 6.45) is 3.11. The third-order valence-corrected chi connectivity index (χ3v) is 2.65. The Bertz CT molecular complexity index is 631. The zero-order valence-corrected chi connectivity index (χ0v) is 11.4. The van der Waals surface area contributed by atoms with E-state index in [-0.39, 0.29) is 17.2 Å². The van der Waals surface area contributed by atoms with Crippen LogP contribution in [0.3, 0.4) is 0 Å². The van der Waals surface area contributed by atoms with Gasteiger partial charge in [0.1, 0.15) is 11.6 Å². The molecule has 2 aromatic rings. The molecule has 0 spiro atoms. The number of carbonyl (C=O) groups is 1. The van der Waals surface area contributed by atoms with Crippen LogP contribution in [-0.2, 0) is 0 Å². The number of aromatic nitrogens is 2. The van der Waals surface area contributed by atoms with Crippen molar-refractivity contribution in [3.8, 4) is 0 Å². The predicted molar refractivity (Wildman–Crippen MR) is 75.1 cm³/mol. The molecule has 5 nitrogen and oxygen atoms in total. The van der Waals surface area contributed by atoms with Crippen molar-refractivity contribution in [2.75, 3.05) is 17.2 Å². The molecule has 0 aliphatic carbocycles. The molecule has 2 N–H and O–H groups in total. The number of pyridine rings is 2. The van der Waals surface area contributed by atoms with Crippen LogP contribution >= 0.6 is 0 Å². The van der Waals surface area contributed by atoms with Crippen LogP contribution in [0.4, 0.5) is 20.4 Å². The fourth-order valence-electron chi connectivity index (χ4n) is 1.62. The van der Waals surface area contributed by atoms with Gasteiger partial charge in [-0.25, -0.2) is 18.7 Å². The van der Waals surface area contributed by atoms with Gasteiger partial charge in [0.25, 0.3) is 5.91 Å². The Hall–Kier alpha value is -2.57. The van der Waals surface area contributed by atoms with Crippen molar-refractivity contribution < 1.29 is 13.6 Å². The Kier molecular flexibility index (Phi) is 4.76. The summed E-state index contributed by atoms with van der Waals surface area (Å²) in [6, 6.07) is 3.72. The average Bonchev–Trinajstić information content (AvgIpc) is 2.48.